The Balaban J connectivity index is 2.52. The van der Waals surface area contributed by atoms with Gasteiger partial charge in [-0.05, 0) is 37.6 Å². The molecule has 5 heteroatoms. The van der Waals surface area contributed by atoms with Crippen LogP contribution in [0.5, 0.6) is 5.75 Å². The van der Waals surface area contributed by atoms with Gasteiger partial charge in [0.25, 0.3) is 0 Å². The van der Waals surface area contributed by atoms with E-state index < -0.39 is 17.3 Å². The van der Waals surface area contributed by atoms with Gasteiger partial charge in [0.15, 0.2) is 0 Å². The second kappa shape index (κ2) is 3.91. The van der Waals surface area contributed by atoms with E-state index in [1.807, 2.05) is 0 Å². The molecule has 0 aliphatic heterocycles. The fraction of sp³-hybridized carbons (Fsp3) is 0.500. The van der Waals surface area contributed by atoms with E-state index in [9.17, 15) is 13.2 Å². The highest BCUT2D eigenvalue weighted by molar-refractivity contribution is 5.44. The van der Waals surface area contributed by atoms with Crippen LogP contribution in [0.2, 0.25) is 0 Å². The molecule has 0 heterocycles. The Labute approximate surface area is 97.8 Å². The van der Waals surface area contributed by atoms with Crippen molar-refractivity contribution in [3.05, 3.63) is 29.3 Å². The molecule has 2 rings (SSSR count). The van der Waals surface area contributed by atoms with E-state index >= 15 is 0 Å². The van der Waals surface area contributed by atoms with Crippen LogP contribution < -0.4 is 10.1 Å². The maximum absolute atomic E-state index is 13.0. The second-order valence-corrected chi connectivity index (χ2v) is 4.24. The SMILES string of the molecule is CNC1(c2ccc(OC)cc2C(F)(F)F)CC1. The second-order valence-electron chi connectivity index (χ2n) is 4.24. The monoisotopic (exact) mass is 245 g/mol. The van der Waals surface area contributed by atoms with E-state index in [1.165, 1.54) is 13.2 Å². The molecule has 0 saturated heterocycles. The lowest BCUT2D eigenvalue weighted by Crippen LogP contribution is -2.27. The predicted octanol–water partition coefficient (Wildman–Crippen LogP) is 2.92. The lowest BCUT2D eigenvalue weighted by Gasteiger charge is -2.21. The van der Waals surface area contributed by atoms with Crippen molar-refractivity contribution in [1.29, 1.82) is 0 Å². The van der Waals surface area contributed by atoms with Gasteiger partial charge in [-0.15, -0.1) is 0 Å². The van der Waals surface area contributed by atoms with Crippen molar-refractivity contribution >= 4 is 0 Å². The van der Waals surface area contributed by atoms with Crippen molar-refractivity contribution in [2.24, 2.45) is 0 Å². The first-order valence-corrected chi connectivity index (χ1v) is 5.37. The van der Waals surface area contributed by atoms with Gasteiger partial charge in [0, 0.05) is 5.54 Å². The van der Waals surface area contributed by atoms with Gasteiger partial charge in [0.2, 0.25) is 0 Å². The lowest BCUT2D eigenvalue weighted by atomic mass is 9.97. The first-order valence-electron chi connectivity index (χ1n) is 5.37. The Bertz CT molecular complexity index is 424. The highest BCUT2D eigenvalue weighted by atomic mass is 19.4. The molecule has 0 spiro atoms. The zero-order valence-electron chi connectivity index (χ0n) is 9.69. The van der Waals surface area contributed by atoms with E-state index in [0.29, 0.717) is 5.56 Å². The highest BCUT2D eigenvalue weighted by Crippen LogP contribution is 2.50. The highest BCUT2D eigenvalue weighted by Gasteiger charge is 2.48. The number of ether oxygens (including phenoxy) is 1. The number of hydrogen-bond donors (Lipinski definition) is 1. The quantitative estimate of drug-likeness (QED) is 0.884. The molecule has 1 aromatic rings. The van der Waals surface area contributed by atoms with Gasteiger partial charge < -0.3 is 10.1 Å². The van der Waals surface area contributed by atoms with Crippen molar-refractivity contribution in [2.45, 2.75) is 24.6 Å². The smallest absolute Gasteiger partial charge is 0.416 e. The van der Waals surface area contributed by atoms with Crippen LogP contribution in [0.1, 0.15) is 24.0 Å². The molecule has 0 bridgehead atoms. The largest absolute Gasteiger partial charge is 0.497 e. The molecular formula is C12H14F3NO. The Kier molecular flexibility index (Phi) is 2.81. The molecule has 0 aromatic heterocycles. The topological polar surface area (TPSA) is 21.3 Å². The molecule has 1 saturated carbocycles. The van der Waals surface area contributed by atoms with Crippen LogP contribution in [0.15, 0.2) is 18.2 Å². The lowest BCUT2D eigenvalue weighted by molar-refractivity contribution is -0.138. The minimum Gasteiger partial charge on any atom is -0.497 e. The number of benzene rings is 1. The molecule has 1 N–H and O–H groups in total. The Morgan fingerprint density at radius 3 is 2.35 bits per heavy atom. The summed E-state index contributed by atoms with van der Waals surface area (Å²) in [6.45, 7) is 0. The molecule has 1 aliphatic carbocycles. The van der Waals surface area contributed by atoms with E-state index in [2.05, 4.69) is 5.32 Å². The standard InChI is InChI=1S/C12H14F3NO/c1-16-11(5-6-11)9-4-3-8(17-2)7-10(9)12(13,14)15/h3-4,7,16H,5-6H2,1-2H3. The van der Waals surface area contributed by atoms with Crippen molar-refractivity contribution in [3.8, 4) is 5.75 Å². The van der Waals surface area contributed by atoms with Gasteiger partial charge >= 0.3 is 6.18 Å². The predicted molar refractivity (Wildman–Crippen MR) is 58.0 cm³/mol. The molecule has 1 aliphatic rings. The Morgan fingerprint density at radius 1 is 1.29 bits per heavy atom. The Hall–Kier alpha value is -1.23. The van der Waals surface area contributed by atoms with E-state index in [0.717, 1.165) is 18.9 Å². The third-order valence-corrected chi connectivity index (χ3v) is 3.28. The molecule has 0 amide bonds. The number of alkyl halides is 3. The summed E-state index contributed by atoms with van der Waals surface area (Å²) in [4.78, 5) is 0. The van der Waals surface area contributed by atoms with Crippen molar-refractivity contribution < 1.29 is 17.9 Å². The van der Waals surface area contributed by atoms with Crippen LogP contribution >= 0.6 is 0 Å². The summed E-state index contributed by atoms with van der Waals surface area (Å²) in [6, 6.07) is 4.14. The fourth-order valence-corrected chi connectivity index (χ4v) is 2.08. The van der Waals surface area contributed by atoms with Gasteiger partial charge in [-0.2, -0.15) is 13.2 Å². The molecule has 1 aromatic carbocycles. The van der Waals surface area contributed by atoms with Crippen LogP contribution in [0.4, 0.5) is 13.2 Å². The number of hydrogen-bond acceptors (Lipinski definition) is 2. The van der Waals surface area contributed by atoms with Crippen molar-refractivity contribution in [1.82, 2.24) is 5.32 Å². The van der Waals surface area contributed by atoms with E-state index in [1.54, 1.807) is 13.1 Å². The number of methoxy groups -OCH3 is 1. The summed E-state index contributed by atoms with van der Waals surface area (Å²) in [7, 11) is 3.05. The molecule has 0 radical (unpaired) electrons. The van der Waals surface area contributed by atoms with Gasteiger partial charge in [-0.3, -0.25) is 0 Å². The molecule has 0 unspecified atom stereocenters. The Morgan fingerprint density at radius 2 is 1.94 bits per heavy atom. The van der Waals surface area contributed by atoms with Crippen LogP contribution in [-0.4, -0.2) is 14.2 Å². The van der Waals surface area contributed by atoms with E-state index in [4.69, 9.17) is 4.74 Å². The van der Waals surface area contributed by atoms with Crippen molar-refractivity contribution in [3.63, 3.8) is 0 Å². The molecule has 94 valence electrons. The van der Waals surface area contributed by atoms with Crippen molar-refractivity contribution in [2.75, 3.05) is 14.2 Å². The molecule has 17 heavy (non-hydrogen) atoms. The maximum atomic E-state index is 13.0. The van der Waals surface area contributed by atoms with Crippen LogP contribution in [0.3, 0.4) is 0 Å². The van der Waals surface area contributed by atoms with Gasteiger partial charge in [0.05, 0.1) is 12.7 Å². The van der Waals surface area contributed by atoms with Gasteiger partial charge in [-0.1, -0.05) is 6.07 Å². The van der Waals surface area contributed by atoms with Crippen LogP contribution in [0.25, 0.3) is 0 Å². The molecular weight excluding hydrogens is 231 g/mol. The first-order chi connectivity index (χ1) is 7.93. The van der Waals surface area contributed by atoms with Crippen LogP contribution in [0, 0.1) is 0 Å². The summed E-state index contributed by atoms with van der Waals surface area (Å²) in [5, 5.41) is 2.98. The third-order valence-electron chi connectivity index (χ3n) is 3.28. The fourth-order valence-electron chi connectivity index (χ4n) is 2.08. The normalized spacial score (nSPS) is 17.9. The minimum atomic E-state index is -4.35. The molecule has 0 atom stereocenters. The van der Waals surface area contributed by atoms with E-state index in [-0.39, 0.29) is 5.75 Å². The minimum absolute atomic E-state index is 0.230. The summed E-state index contributed by atoms with van der Waals surface area (Å²) >= 11 is 0. The number of nitrogens with one attached hydrogen (secondary N) is 1. The molecule has 2 nitrogen and oxygen atoms in total. The summed E-state index contributed by atoms with van der Waals surface area (Å²) < 4.78 is 43.8. The zero-order valence-corrected chi connectivity index (χ0v) is 9.69. The van der Waals surface area contributed by atoms with Crippen LogP contribution in [-0.2, 0) is 11.7 Å². The summed E-state index contributed by atoms with van der Waals surface area (Å²) in [5.74, 6) is 0.230. The zero-order chi connectivity index (χ0) is 12.7. The van der Waals surface area contributed by atoms with Gasteiger partial charge in [0.1, 0.15) is 5.75 Å². The first kappa shape index (κ1) is 12.2. The average molecular weight is 245 g/mol. The number of rotatable bonds is 3. The molecule has 1 fully saturated rings. The number of halogens is 3. The summed E-state index contributed by atoms with van der Waals surface area (Å²) in [6.07, 6.45) is -2.88. The third kappa shape index (κ3) is 2.11. The average Bonchev–Trinajstić information content (AvgIpc) is 3.08. The summed E-state index contributed by atoms with van der Waals surface area (Å²) in [5.41, 5.74) is -0.797. The maximum Gasteiger partial charge on any atom is 0.416 e. The van der Waals surface area contributed by atoms with Gasteiger partial charge in [-0.25, -0.2) is 0 Å².